The molecule has 1 atom stereocenters. The molecule has 1 saturated carbocycles. The molecule has 1 aliphatic carbocycles. The Morgan fingerprint density at radius 3 is 2.43 bits per heavy atom. The Bertz CT molecular complexity index is 228. The quantitative estimate of drug-likeness (QED) is 0.734. The van der Waals surface area contributed by atoms with Gasteiger partial charge in [0.1, 0.15) is 6.04 Å². The normalized spacial score (nSPS) is 28.4. The Morgan fingerprint density at radius 1 is 1.29 bits per heavy atom. The molecule has 0 aromatic carbocycles. The van der Waals surface area contributed by atoms with Crippen molar-refractivity contribution in [3.8, 4) is 0 Å². The maximum Gasteiger partial charge on any atom is 0.320 e. The summed E-state index contributed by atoms with van der Waals surface area (Å²) in [6.07, 6.45) is 7.38. The second-order valence-electron chi connectivity index (χ2n) is 4.74. The highest BCUT2D eigenvalue weighted by atomic mass is 16.4. The molecule has 0 bridgehead atoms. The standard InChI is InChI=1S/C11H19NO2/c1-9(10(13)14)12-8-4-7-11(12)5-2-3-6-11/h9H,2-8H2,1H3,(H,13,14). The number of carbonyl (C=O) groups is 1. The molecule has 1 heterocycles. The predicted molar refractivity (Wildman–Crippen MR) is 54.2 cm³/mol. The van der Waals surface area contributed by atoms with E-state index in [1.807, 2.05) is 6.92 Å². The van der Waals surface area contributed by atoms with Crippen molar-refractivity contribution in [3.05, 3.63) is 0 Å². The fourth-order valence-corrected chi connectivity index (χ4v) is 3.27. The number of hydrogen-bond acceptors (Lipinski definition) is 2. The van der Waals surface area contributed by atoms with Crippen molar-refractivity contribution in [1.82, 2.24) is 4.90 Å². The summed E-state index contributed by atoms with van der Waals surface area (Å²) in [6, 6.07) is -0.296. The molecule has 0 aromatic heterocycles. The maximum atomic E-state index is 11.0. The molecule has 0 amide bonds. The van der Waals surface area contributed by atoms with Crippen molar-refractivity contribution in [2.24, 2.45) is 0 Å². The first-order valence-corrected chi connectivity index (χ1v) is 5.65. The first-order valence-electron chi connectivity index (χ1n) is 5.65. The number of rotatable bonds is 2. The molecule has 1 N–H and O–H groups in total. The summed E-state index contributed by atoms with van der Waals surface area (Å²) >= 11 is 0. The zero-order valence-corrected chi connectivity index (χ0v) is 8.83. The van der Waals surface area contributed by atoms with Gasteiger partial charge in [0.05, 0.1) is 0 Å². The van der Waals surface area contributed by atoms with Gasteiger partial charge in [-0.2, -0.15) is 0 Å². The summed E-state index contributed by atoms with van der Waals surface area (Å²) < 4.78 is 0. The van der Waals surface area contributed by atoms with E-state index in [0.29, 0.717) is 0 Å². The fraction of sp³-hybridized carbons (Fsp3) is 0.909. The highest BCUT2D eigenvalue weighted by Gasteiger charge is 2.46. The van der Waals surface area contributed by atoms with Crippen LogP contribution in [0.1, 0.15) is 45.4 Å². The molecule has 2 fully saturated rings. The van der Waals surface area contributed by atoms with Crippen LogP contribution in [-0.4, -0.2) is 34.1 Å². The minimum Gasteiger partial charge on any atom is -0.480 e. The van der Waals surface area contributed by atoms with Crippen LogP contribution in [0.25, 0.3) is 0 Å². The largest absolute Gasteiger partial charge is 0.480 e. The molecule has 1 unspecified atom stereocenters. The maximum absolute atomic E-state index is 11.0. The van der Waals surface area contributed by atoms with E-state index in [0.717, 1.165) is 6.54 Å². The smallest absolute Gasteiger partial charge is 0.320 e. The van der Waals surface area contributed by atoms with Gasteiger partial charge in [0.25, 0.3) is 0 Å². The van der Waals surface area contributed by atoms with E-state index in [-0.39, 0.29) is 11.6 Å². The lowest BCUT2D eigenvalue weighted by Crippen LogP contribution is -2.49. The molecule has 80 valence electrons. The van der Waals surface area contributed by atoms with E-state index in [4.69, 9.17) is 5.11 Å². The van der Waals surface area contributed by atoms with Gasteiger partial charge in [-0.15, -0.1) is 0 Å². The van der Waals surface area contributed by atoms with Crippen LogP contribution in [0.4, 0.5) is 0 Å². The Hall–Kier alpha value is -0.570. The van der Waals surface area contributed by atoms with Gasteiger partial charge in [-0.05, 0) is 39.2 Å². The van der Waals surface area contributed by atoms with Crippen LogP contribution in [0, 0.1) is 0 Å². The number of hydrogen-bond donors (Lipinski definition) is 1. The molecule has 3 nitrogen and oxygen atoms in total. The van der Waals surface area contributed by atoms with Crippen LogP contribution in [0.3, 0.4) is 0 Å². The van der Waals surface area contributed by atoms with Gasteiger partial charge in [-0.25, -0.2) is 0 Å². The van der Waals surface area contributed by atoms with Gasteiger partial charge >= 0.3 is 5.97 Å². The molecular formula is C11H19NO2. The van der Waals surface area contributed by atoms with E-state index >= 15 is 0 Å². The minimum atomic E-state index is -0.668. The number of carboxylic acid groups (broad SMARTS) is 1. The van der Waals surface area contributed by atoms with Crippen LogP contribution in [0.2, 0.25) is 0 Å². The number of nitrogens with zero attached hydrogens (tertiary/aromatic N) is 1. The fourth-order valence-electron chi connectivity index (χ4n) is 3.27. The summed E-state index contributed by atoms with van der Waals surface area (Å²) in [7, 11) is 0. The molecule has 14 heavy (non-hydrogen) atoms. The average molecular weight is 197 g/mol. The molecule has 0 aromatic rings. The van der Waals surface area contributed by atoms with E-state index in [1.165, 1.54) is 38.5 Å². The van der Waals surface area contributed by atoms with Crippen molar-refractivity contribution in [3.63, 3.8) is 0 Å². The SMILES string of the molecule is CC(C(=O)O)N1CCCC12CCCC2. The molecule has 3 heteroatoms. The Morgan fingerprint density at radius 2 is 1.86 bits per heavy atom. The number of likely N-dealkylation sites (tertiary alicyclic amines) is 1. The zero-order valence-electron chi connectivity index (χ0n) is 8.83. The third-order valence-electron chi connectivity index (χ3n) is 4.01. The van der Waals surface area contributed by atoms with Gasteiger partial charge in [0.2, 0.25) is 0 Å². The van der Waals surface area contributed by atoms with Crippen molar-refractivity contribution < 1.29 is 9.90 Å². The lowest BCUT2D eigenvalue weighted by atomic mass is 9.93. The molecule has 1 saturated heterocycles. The number of aliphatic carboxylic acids is 1. The minimum absolute atomic E-state index is 0.262. The Kier molecular flexibility index (Phi) is 2.52. The average Bonchev–Trinajstić information content (AvgIpc) is 2.76. The predicted octanol–water partition coefficient (Wildman–Crippen LogP) is 1.87. The Balaban J connectivity index is 2.13. The van der Waals surface area contributed by atoms with Gasteiger partial charge in [0.15, 0.2) is 0 Å². The van der Waals surface area contributed by atoms with Gasteiger partial charge in [-0.3, -0.25) is 9.69 Å². The molecule has 1 spiro atoms. The second kappa shape index (κ2) is 3.54. The summed E-state index contributed by atoms with van der Waals surface area (Å²) in [6.45, 7) is 2.81. The van der Waals surface area contributed by atoms with Crippen LogP contribution in [-0.2, 0) is 4.79 Å². The third-order valence-corrected chi connectivity index (χ3v) is 4.01. The third kappa shape index (κ3) is 1.44. The second-order valence-corrected chi connectivity index (χ2v) is 4.74. The summed E-state index contributed by atoms with van der Waals surface area (Å²) in [4.78, 5) is 13.2. The monoisotopic (exact) mass is 197 g/mol. The first kappa shape index (κ1) is 9.97. The van der Waals surface area contributed by atoms with E-state index in [9.17, 15) is 4.79 Å². The van der Waals surface area contributed by atoms with Crippen LogP contribution in [0.5, 0.6) is 0 Å². The highest BCUT2D eigenvalue weighted by Crippen LogP contribution is 2.43. The lowest BCUT2D eigenvalue weighted by Gasteiger charge is -2.37. The molecule has 0 radical (unpaired) electrons. The van der Waals surface area contributed by atoms with Gasteiger partial charge in [0, 0.05) is 5.54 Å². The summed E-state index contributed by atoms with van der Waals surface area (Å²) in [5, 5.41) is 9.04. The first-order chi connectivity index (χ1) is 6.66. The van der Waals surface area contributed by atoms with Gasteiger partial charge < -0.3 is 5.11 Å². The van der Waals surface area contributed by atoms with Crippen molar-refractivity contribution in [2.45, 2.75) is 57.0 Å². The van der Waals surface area contributed by atoms with Crippen molar-refractivity contribution in [2.75, 3.05) is 6.54 Å². The summed E-state index contributed by atoms with van der Waals surface area (Å²) in [5.41, 5.74) is 0.262. The Labute approximate surface area is 85.1 Å². The highest BCUT2D eigenvalue weighted by molar-refractivity contribution is 5.73. The van der Waals surface area contributed by atoms with Crippen LogP contribution in [0.15, 0.2) is 0 Å². The van der Waals surface area contributed by atoms with E-state index in [1.54, 1.807) is 0 Å². The molecule has 2 aliphatic rings. The number of carboxylic acids is 1. The molecule has 1 aliphatic heterocycles. The van der Waals surface area contributed by atoms with Crippen LogP contribution >= 0.6 is 0 Å². The lowest BCUT2D eigenvalue weighted by molar-refractivity contribution is -0.144. The zero-order chi connectivity index (χ0) is 10.2. The van der Waals surface area contributed by atoms with E-state index in [2.05, 4.69) is 4.90 Å². The molecule has 2 rings (SSSR count). The van der Waals surface area contributed by atoms with E-state index < -0.39 is 5.97 Å². The van der Waals surface area contributed by atoms with Crippen molar-refractivity contribution >= 4 is 5.97 Å². The molecular weight excluding hydrogens is 178 g/mol. The van der Waals surface area contributed by atoms with Crippen molar-refractivity contribution in [1.29, 1.82) is 0 Å². The summed E-state index contributed by atoms with van der Waals surface area (Å²) in [5.74, 6) is -0.668. The van der Waals surface area contributed by atoms with Gasteiger partial charge in [-0.1, -0.05) is 12.8 Å². The topological polar surface area (TPSA) is 40.5 Å². The van der Waals surface area contributed by atoms with Crippen LogP contribution < -0.4 is 0 Å².